The van der Waals surface area contributed by atoms with E-state index in [1.165, 1.54) is 28.7 Å². The highest BCUT2D eigenvalue weighted by Crippen LogP contribution is 2.29. The van der Waals surface area contributed by atoms with E-state index in [1.54, 1.807) is 7.11 Å². The lowest BCUT2D eigenvalue weighted by Crippen LogP contribution is -2.22. The summed E-state index contributed by atoms with van der Waals surface area (Å²) in [4.78, 5) is 12.3. The maximum Gasteiger partial charge on any atom is 0.237 e. The second-order valence-corrected chi connectivity index (χ2v) is 7.66. The van der Waals surface area contributed by atoms with Gasteiger partial charge in [-0.25, -0.2) is 0 Å². The van der Waals surface area contributed by atoms with Crippen LogP contribution in [0.5, 0.6) is 0 Å². The third kappa shape index (κ3) is 5.77. The predicted octanol–water partition coefficient (Wildman–Crippen LogP) is 3.28. The highest BCUT2D eigenvalue weighted by molar-refractivity contribution is 8.02. The van der Waals surface area contributed by atoms with E-state index in [0.717, 1.165) is 21.6 Å². The minimum atomic E-state index is -0.254. The van der Waals surface area contributed by atoms with Crippen molar-refractivity contribution < 1.29 is 9.53 Å². The molecule has 0 saturated heterocycles. The fourth-order valence-corrected chi connectivity index (χ4v) is 3.78. The minimum absolute atomic E-state index is 0.0478. The molecule has 0 aliphatic heterocycles. The quantitative estimate of drug-likeness (QED) is 0.524. The lowest BCUT2D eigenvalue weighted by Gasteiger charge is -2.10. The molecule has 1 amide bonds. The molecule has 0 saturated carbocycles. The highest BCUT2D eigenvalue weighted by atomic mass is 32.2. The lowest BCUT2D eigenvalue weighted by molar-refractivity contribution is -0.115. The number of rotatable bonds is 9. The number of aryl methyl sites for hydroxylation is 1. The van der Waals surface area contributed by atoms with E-state index in [9.17, 15) is 4.79 Å². The third-order valence-corrected chi connectivity index (χ3v) is 5.33. The molecule has 8 heteroatoms. The molecule has 2 rings (SSSR count). The van der Waals surface area contributed by atoms with Crippen LogP contribution >= 0.6 is 23.1 Å². The summed E-state index contributed by atoms with van der Waals surface area (Å²) in [6.07, 6.45) is 0.984. The van der Waals surface area contributed by atoms with Crippen molar-refractivity contribution in [3.63, 3.8) is 0 Å². The first-order chi connectivity index (χ1) is 11.6. The van der Waals surface area contributed by atoms with E-state index in [0.29, 0.717) is 13.2 Å². The molecule has 0 radical (unpaired) electrons. The van der Waals surface area contributed by atoms with Gasteiger partial charge < -0.3 is 15.4 Å². The van der Waals surface area contributed by atoms with Gasteiger partial charge >= 0.3 is 0 Å². The van der Waals surface area contributed by atoms with Crippen molar-refractivity contribution in [3.8, 4) is 0 Å². The van der Waals surface area contributed by atoms with E-state index < -0.39 is 0 Å². The number of carbonyl (C=O) groups is 1. The maximum atomic E-state index is 12.3. The molecule has 1 aromatic carbocycles. The Bertz CT molecular complexity index is 646. The second-order valence-electron chi connectivity index (χ2n) is 5.09. The van der Waals surface area contributed by atoms with E-state index in [1.807, 2.05) is 31.2 Å². The fourth-order valence-electron chi connectivity index (χ4n) is 1.86. The number of aromatic nitrogens is 2. The number of methoxy groups -OCH3 is 1. The largest absolute Gasteiger partial charge is 0.383 e. The molecule has 2 N–H and O–H groups in total. The molecule has 2 aromatic rings. The average molecular weight is 367 g/mol. The van der Waals surface area contributed by atoms with Gasteiger partial charge in [-0.15, -0.1) is 10.2 Å². The first-order valence-corrected chi connectivity index (χ1v) is 9.44. The summed E-state index contributed by atoms with van der Waals surface area (Å²) in [6.45, 7) is 5.25. The lowest BCUT2D eigenvalue weighted by atomic mass is 10.1. The second kappa shape index (κ2) is 9.61. The molecule has 0 aliphatic carbocycles. The standard InChI is InChI=1S/C16H22N4O2S2/c1-4-12-5-7-13(8-6-12)18-14(21)11(2)23-16-20-19-15(24-16)17-9-10-22-3/h5-8,11H,4,9-10H2,1-3H3,(H,17,19)(H,18,21). The summed E-state index contributed by atoms with van der Waals surface area (Å²) >= 11 is 2.83. The predicted molar refractivity (Wildman–Crippen MR) is 100 cm³/mol. The summed E-state index contributed by atoms with van der Waals surface area (Å²) in [5, 5.41) is 14.7. The Balaban J connectivity index is 1.84. The number of nitrogens with one attached hydrogen (secondary N) is 2. The molecule has 0 bridgehead atoms. The summed E-state index contributed by atoms with van der Waals surface area (Å²) in [5.41, 5.74) is 2.06. The summed E-state index contributed by atoms with van der Waals surface area (Å²) in [7, 11) is 1.65. The van der Waals surface area contributed by atoms with Crippen molar-refractivity contribution in [3.05, 3.63) is 29.8 Å². The molecule has 24 heavy (non-hydrogen) atoms. The molecule has 1 atom stereocenters. The number of carbonyl (C=O) groups excluding carboxylic acids is 1. The van der Waals surface area contributed by atoms with Gasteiger partial charge in [0.15, 0.2) is 4.34 Å². The molecule has 1 unspecified atom stereocenters. The Hall–Kier alpha value is -1.64. The number of thioether (sulfide) groups is 1. The van der Waals surface area contributed by atoms with E-state index >= 15 is 0 Å². The van der Waals surface area contributed by atoms with Crippen molar-refractivity contribution in [2.24, 2.45) is 0 Å². The van der Waals surface area contributed by atoms with Crippen molar-refractivity contribution in [2.75, 3.05) is 30.9 Å². The van der Waals surface area contributed by atoms with Gasteiger partial charge in [-0.3, -0.25) is 4.79 Å². The van der Waals surface area contributed by atoms with Crippen molar-refractivity contribution in [1.82, 2.24) is 10.2 Å². The van der Waals surface area contributed by atoms with Gasteiger partial charge in [0.25, 0.3) is 0 Å². The van der Waals surface area contributed by atoms with Crippen LogP contribution in [0.2, 0.25) is 0 Å². The fraction of sp³-hybridized carbons (Fsp3) is 0.438. The smallest absolute Gasteiger partial charge is 0.237 e. The summed E-state index contributed by atoms with van der Waals surface area (Å²) in [6, 6.07) is 7.90. The maximum absolute atomic E-state index is 12.3. The molecule has 0 fully saturated rings. The number of benzene rings is 1. The summed E-state index contributed by atoms with van der Waals surface area (Å²) in [5.74, 6) is -0.0478. The molecule has 6 nitrogen and oxygen atoms in total. The number of hydrogen-bond acceptors (Lipinski definition) is 7. The zero-order valence-electron chi connectivity index (χ0n) is 14.0. The van der Waals surface area contributed by atoms with Gasteiger partial charge in [-0.2, -0.15) is 0 Å². The third-order valence-electron chi connectivity index (χ3n) is 3.27. The van der Waals surface area contributed by atoms with Crippen LogP contribution in [0, 0.1) is 0 Å². The molecule has 0 aliphatic rings. The Labute approximate surface area is 150 Å². The van der Waals surface area contributed by atoms with Gasteiger partial charge in [0.1, 0.15) is 0 Å². The van der Waals surface area contributed by atoms with Crippen molar-refractivity contribution in [1.29, 1.82) is 0 Å². The van der Waals surface area contributed by atoms with Crippen LogP contribution in [0.4, 0.5) is 10.8 Å². The van der Waals surface area contributed by atoms with Gasteiger partial charge in [-0.05, 0) is 31.0 Å². The Kier molecular flexibility index (Phi) is 7.48. The van der Waals surface area contributed by atoms with Crippen LogP contribution in [0.1, 0.15) is 19.4 Å². The molecular weight excluding hydrogens is 344 g/mol. The number of hydrogen-bond donors (Lipinski definition) is 2. The number of amides is 1. The topological polar surface area (TPSA) is 76.1 Å². The zero-order valence-corrected chi connectivity index (χ0v) is 15.7. The SMILES string of the molecule is CCc1ccc(NC(=O)C(C)Sc2nnc(NCCOC)s2)cc1. The van der Waals surface area contributed by atoms with Gasteiger partial charge in [0.2, 0.25) is 11.0 Å². The first-order valence-electron chi connectivity index (χ1n) is 7.75. The van der Waals surface area contributed by atoms with Crippen LogP contribution in [0.15, 0.2) is 28.6 Å². The van der Waals surface area contributed by atoms with Gasteiger partial charge in [0, 0.05) is 19.3 Å². The molecule has 1 aromatic heterocycles. The van der Waals surface area contributed by atoms with Crippen molar-refractivity contribution >= 4 is 39.8 Å². The van der Waals surface area contributed by atoms with Crippen LogP contribution in [0.3, 0.4) is 0 Å². The van der Waals surface area contributed by atoms with E-state index in [-0.39, 0.29) is 11.2 Å². The highest BCUT2D eigenvalue weighted by Gasteiger charge is 2.17. The van der Waals surface area contributed by atoms with Gasteiger partial charge in [0.05, 0.1) is 11.9 Å². The number of nitrogens with zero attached hydrogens (tertiary/aromatic N) is 2. The molecular formula is C16H22N4O2S2. The zero-order chi connectivity index (χ0) is 17.4. The average Bonchev–Trinajstić information content (AvgIpc) is 3.03. The Morgan fingerprint density at radius 1 is 1.33 bits per heavy atom. The summed E-state index contributed by atoms with van der Waals surface area (Å²) < 4.78 is 5.74. The van der Waals surface area contributed by atoms with Crippen LogP contribution in [-0.4, -0.2) is 41.6 Å². The number of anilines is 2. The van der Waals surface area contributed by atoms with Crippen LogP contribution in [0.25, 0.3) is 0 Å². The normalized spacial score (nSPS) is 12.0. The van der Waals surface area contributed by atoms with Gasteiger partial charge in [-0.1, -0.05) is 42.2 Å². The van der Waals surface area contributed by atoms with Crippen molar-refractivity contribution in [2.45, 2.75) is 29.9 Å². The Morgan fingerprint density at radius 2 is 2.08 bits per heavy atom. The minimum Gasteiger partial charge on any atom is -0.383 e. The molecule has 1 heterocycles. The van der Waals surface area contributed by atoms with E-state index in [2.05, 4.69) is 27.8 Å². The molecule has 130 valence electrons. The monoisotopic (exact) mass is 366 g/mol. The van der Waals surface area contributed by atoms with Crippen LogP contribution < -0.4 is 10.6 Å². The molecule has 0 spiro atoms. The first kappa shape index (κ1) is 18.7. The van der Waals surface area contributed by atoms with E-state index in [4.69, 9.17) is 4.74 Å². The number of ether oxygens (including phenoxy) is 1. The van der Waals surface area contributed by atoms with Crippen LogP contribution in [-0.2, 0) is 16.0 Å². The Morgan fingerprint density at radius 3 is 2.75 bits per heavy atom.